The standard InChI is InChI=1S/C23H24NOSi.C12H10N.Ir/c1-15(2)16-10-12-19(24-14-16)17-11-13-21(26(3,4)5)22-18-8-6-7-9-20(18)25-23(17)22;1-10-7-8-13-12(9-10)11-5-3-2-4-6-11;/h6-10,12-15H,1-5H3;2-5,7-9H,1H3;/q2*-1;. The molecule has 0 saturated heterocycles. The Morgan fingerprint density at radius 3 is 2.27 bits per heavy atom. The molecule has 0 aliphatic rings. The van der Waals surface area contributed by atoms with Crippen LogP contribution in [-0.2, 0) is 20.1 Å². The van der Waals surface area contributed by atoms with Crippen molar-refractivity contribution in [3.05, 3.63) is 115 Å². The van der Waals surface area contributed by atoms with Crippen molar-refractivity contribution in [2.45, 2.75) is 46.3 Å². The van der Waals surface area contributed by atoms with Crippen molar-refractivity contribution in [2.75, 3.05) is 0 Å². The van der Waals surface area contributed by atoms with Crippen LogP contribution < -0.4 is 5.19 Å². The third kappa shape index (κ3) is 6.33. The van der Waals surface area contributed by atoms with Gasteiger partial charge in [0.15, 0.2) is 0 Å². The normalized spacial score (nSPS) is 11.3. The van der Waals surface area contributed by atoms with Crippen LogP contribution in [-0.4, -0.2) is 18.0 Å². The number of rotatable bonds is 4. The molecule has 3 aromatic heterocycles. The number of benzene rings is 3. The SMILES string of the molecule is CC(C)c1ccc(-c2[c-]cc([Si](C)(C)C)c3c2oc2ccccc23)nc1.Cc1ccnc(-c2[c-]cccc2)c1.[Ir]. The molecule has 0 spiro atoms. The maximum Gasteiger partial charge on any atom is 0.120 e. The minimum atomic E-state index is -1.54. The van der Waals surface area contributed by atoms with Crippen LogP contribution in [0.1, 0.15) is 30.9 Å². The molecule has 5 heteroatoms. The third-order valence-corrected chi connectivity index (χ3v) is 8.88. The van der Waals surface area contributed by atoms with Crippen molar-refractivity contribution in [3.8, 4) is 22.5 Å². The van der Waals surface area contributed by atoms with E-state index in [1.54, 1.807) is 0 Å². The van der Waals surface area contributed by atoms with Crippen LogP contribution in [0.2, 0.25) is 19.6 Å². The fourth-order valence-corrected chi connectivity index (χ4v) is 6.19. The zero-order valence-electron chi connectivity index (χ0n) is 23.9. The molecule has 0 bridgehead atoms. The van der Waals surface area contributed by atoms with Gasteiger partial charge in [-0.2, -0.15) is 0 Å². The Morgan fingerprint density at radius 1 is 0.850 bits per heavy atom. The number of pyridine rings is 2. The van der Waals surface area contributed by atoms with Gasteiger partial charge < -0.3 is 14.4 Å². The molecule has 0 amide bonds. The first-order valence-corrected chi connectivity index (χ1v) is 16.9. The first-order chi connectivity index (χ1) is 18.7. The van der Waals surface area contributed by atoms with Gasteiger partial charge in [-0.1, -0.05) is 86.4 Å². The van der Waals surface area contributed by atoms with E-state index >= 15 is 0 Å². The molecule has 0 saturated carbocycles. The fourth-order valence-electron chi connectivity index (χ4n) is 4.68. The molecule has 0 atom stereocenters. The van der Waals surface area contributed by atoms with Crippen molar-refractivity contribution in [3.63, 3.8) is 0 Å². The predicted octanol–water partition coefficient (Wildman–Crippen LogP) is 8.97. The topological polar surface area (TPSA) is 38.9 Å². The van der Waals surface area contributed by atoms with Gasteiger partial charge in [0.2, 0.25) is 0 Å². The molecule has 0 N–H and O–H groups in total. The fraction of sp³-hybridized carbons (Fsp3) is 0.200. The van der Waals surface area contributed by atoms with Crippen LogP contribution in [0, 0.1) is 19.1 Å². The molecule has 0 fully saturated rings. The van der Waals surface area contributed by atoms with E-state index in [1.807, 2.05) is 54.9 Å². The number of fused-ring (bicyclic) bond motifs is 3. The number of hydrogen-bond acceptors (Lipinski definition) is 3. The van der Waals surface area contributed by atoms with E-state index in [-0.39, 0.29) is 20.1 Å². The minimum absolute atomic E-state index is 0. The number of nitrogens with zero attached hydrogens (tertiary/aromatic N) is 2. The molecule has 40 heavy (non-hydrogen) atoms. The second-order valence-electron chi connectivity index (χ2n) is 11.3. The van der Waals surface area contributed by atoms with E-state index in [1.165, 1.54) is 27.1 Å². The summed E-state index contributed by atoms with van der Waals surface area (Å²) >= 11 is 0. The molecule has 0 unspecified atom stereocenters. The molecular weight excluding hydrogens is 685 g/mol. The number of aromatic nitrogens is 2. The van der Waals surface area contributed by atoms with Gasteiger partial charge in [0.05, 0.1) is 5.58 Å². The second-order valence-corrected chi connectivity index (χ2v) is 16.3. The zero-order chi connectivity index (χ0) is 27.6. The second kappa shape index (κ2) is 12.4. The summed E-state index contributed by atoms with van der Waals surface area (Å²) in [6.45, 7) is 13.5. The van der Waals surface area contributed by atoms with Crippen molar-refractivity contribution in [1.82, 2.24) is 9.97 Å². The summed E-state index contributed by atoms with van der Waals surface area (Å²) < 4.78 is 6.30. The van der Waals surface area contributed by atoms with E-state index in [0.717, 1.165) is 33.7 Å². The molecule has 6 rings (SSSR count). The smallest absolute Gasteiger partial charge is 0.120 e. The zero-order valence-corrected chi connectivity index (χ0v) is 27.3. The van der Waals surface area contributed by atoms with Crippen molar-refractivity contribution in [2.24, 2.45) is 0 Å². The van der Waals surface area contributed by atoms with Crippen LogP contribution in [0.3, 0.4) is 0 Å². The summed E-state index contributed by atoms with van der Waals surface area (Å²) in [6, 6.07) is 33.3. The molecule has 1 radical (unpaired) electrons. The molecule has 3 aromatic carbocycles. The van der Waals surface area contributed by atoms with Crippen LogP contribution in [0.5, 0.6) is 0 Å². The maximum atomic E-state index is 6.30. The average Bonchev–Trinajstić information content (AvgIpc) is 3.32. The van der Waals surface area contributed by atoms with Crippen molar-refractivity contribution in [1.29, 1.82) is 0 Å². The molecule has 0 aliphatic heterocycles. The van der Waals surface area contributed by atoms with Gasteiger partial charge in [0, 0.05) is 46.0 Å². The van der Waals surface area contributed by atoms with E-state index in [4.69, 9.17) is 9.40 Å². The van der Waals surface area contributed by atoms with E-state index in [0.29, 0.717) is 5.92 Å². The molecule has 3 nitrogen and oxygen atoms in total. The summed E-state index contributed by atoms with van der Waals surface area (Å²) in [6.07, 6.45) is 3.79. The monoisotopic (exact) mass is 719 g/mol. The summed E-state index contributed by atoms with van der Waals surface area (Å²) in [5.74, 6) is 0.473. The van der Waals surface area contributed by atoms with E-state index in [2.05, 4.69) is 93.9 Å². The summed E-state index contributed by atoms with van der Waals surface area (Å²) in [5.41, 5.74) is 8.22. The Kier molecular flexibility index (Phi) is 9.20. The summed E-state index contributed by atoms with van der Waals surface area (Å²) in [7, 11) is -1.54. The van der Waals surface area contributed by atoms with Gasteiger partial charge in [-0.15, -0.1) is 53.2 Å². The van der Waals surface area contributed by atoms with Gasteiger partial charge in [0.1, 0.15) is 5.58 Å². The molecule has 6 aromatic rings. The summed E-state index contributed by atoms with van der Waals surface area (Å²) in [4.78, 5) is 8.98. The number of furan rings is 1. The Morgan fingerprint density at radius 2 is 1.62 bits per heavy atom. The van der Waals surface area contributed by atoms with E-state index in [9.17, 15) is 0 Å². The van der Waals surface area contributed by atoms with Crippen LogP contribution in [0.15, 0.2) is 95.7 Å². The first-order valence-electron chi connectivity index (χ1n) is 13.4. The Hall–Kier alpha value is -3.37. The molecule has 3 heterocycles. The Labute approximate surface area is 252 Å². The van der Waals surface area contributed by atoms with Gasteiger partial charge >= 0.3 is 0 Å². The molecular formula is C35H34IrN2OSi-2. The molecule has 0 aliphatic carbocycles. The first kappa shape index (κ1) is 29.6. The van der Waals surface area contributed by atoms with Crippen LogP contribution in [0.4, 0.5) is 0 Å². The van der Waals surface area contributed by atoms with Crippen LogP contribution in [0.25, 0.3) is 44.5 Å². The molecule has 205 valence electrons. The van der Waals surface area contributed by atoms with Crippen molar-refractivity contribution >= 4 is 35.2 Å². The average molecular weight is 719 g/mol. The predicted molar refractivity (Wildman–Crippen MR) is 166 cm³/mol. The van der Waals surface area contributed by atoms with Crippen molar-refractivity contribution < 1.29 is 24.5 Å². The largest absolute Gasteiger partial charge is 0.501 e. The number of aryl methyl sites for hydroxylation is 1. The number of hydrogen-bond donors (Lipinski definition) is 0. The number of para-hydroxylation sites is 1. The maximum absolute atomic E-state index is 6.30. The Balaban J connectivity index is 0.000000223. The van der Waals surface area contributed by atoms with Gasteiger partial charge in [0.25, 0.3) is 0 Å². The minimum Gasteiger partial charge on any atom is -0.501 e. The van der Waals surface area contributed by atoms with Gasteiger partial charge in [-0.05, 0) is 41.9 Å². The quantitative estimate of drug-likeness (QED) is 0.135. The van der Waals surface area contributed by atoms with Crippen LogP contribution >= 0.6 is 0 Å². The Bertz CT molecular complexity index is 1720. The van der Waals surface area contributed by atoms with Gasteiger partial charge in [-0.25, -0.2) is 0 Å². The van der Waals surface area contributed by atoms with E-state index < -0.39 is 8.07 Å². The third-order valence-electron chi connectivity index (χ3n) is 6.87. The van der Waals surface area contributed by atoms with Gasteiger partial charge in [-0.3, -0.25) is 0 Å². The summed E-state index contributed by atoms with van der Waals surface area (Å²) in [5, 5.41) is 3.82.